The first-order chi connectivity index (χ1) is 8.63. The van der Waals surface area contributed by atoms with Crippen molar-refractivity contribution >= 4 is 0 Å². The van der Waals surface area contributed by atoms with Gasteiger partial charge in [-0.3, -0.25) is 4.90 Å². The van der Waals surface area contributed by atoms with E-state index in [1.807, 2.05) is 6.07 Å². The molecule has 2 heterocycles. The van der Waals surface area contributed by atoms with Crippen molar-refractivity contribution < 1.29 is 9.52 Å². The molecular formula is C14H24N2O2. The number of piperidine rings is 1. The van der Waals surface area contributed by atoms with Crippen molar-refractivity contribution in [3.63, 3.8) is 0 Å². The number of aliphatic hydroxyl groups excluding tert-OH is 1. The minimum atomic E-state index is 0.0332. The molecule has 1 fully saturated rings. The average Bonchev–Trinajstić information content (AvgIpc) is 2.81. The minimum Gasteiger partial charge on any atom is -0.472 e. The van der Waals surface area contributed by atoms with Gasteiger partial charge in [-0.2, -0.15) is 0 Å². The monoisotopic (exact) mass is 252 g/mol. The SMILES string of the molecule is CN(C)C[C@]1(CO)CCCN(Cc2ccoc2)C1. The average molecular weight is 252 g/mol. The van der Waals surface area contributed by atoms with Gasteiger partial charge < -0.3 is 14.4 Å². The van der Waals surface area contributed by atoms with Gasteiger partial charge in [0, 0.05) is 30.6 Å². The maximum atomic E-state index is 9.76. The van der Waals surface area contributed by atoms with Gasteiger partial charge in [0.2, 0.25) is 0 Å². The van der Waals surface area contributed by atoms with Crippen LogP contribution < -0.4 is 0 Å². The van der Waals surface area contributed by atoms with Crippen LogP contribution in [0, 0.1) is 5.41 Å². The Morgan fingerprint density at radius 2 is 2.33 bits per heavy atom. The molecule has 0 unspecified atom stereocenters. The predicted molar refractivity (Wildman–Crippen MR) is 71.3 cm³/mol. The zero-order valence-electron chi connectivity index (χ0n) is 11.4. The van der Waals surface area contributed by atoms with Crippen molar-refractivity contribution in [1.29, 1.82) is 0 Å². The van der Waals surface area contributed by atoms with Crippen LogP contribution in [0.25, 0.3) is 0 Å². The van der Waals surface area contributed by atoms with Crippen LogP contribution in [0.5, 0.6) is 0 Å². The lowest BCUT2D eigenvalue weighted by atomic mass is 9.80. The fourth-order valence-electron chi connectivity index (χ4n) is 3.06. The fourth-order valence-corrected chi connectivity index (χ4v) is 3.06. The minimum absolute atomic E-state index is 0.0332. The molecule has 0 spiro atoms. The first-order valence-electron chi connectivity index (χ1n) is 6.63. The van der Waals surface area contributed by atoms with Crippen LogP contribution in [0.4, 0.5) is 0 Å². The Balaban J connectivity index is 1.98. The summed E-state index contributed by atoms with van der Waals surface area (Å²) in [6.45, 7) is 4.22. The van der Waals surface area contributed by atoms with E-state index < -0.39 is 0 Å². The predicted octanol–water partition coefficient (Wildman–Crippen LogP) is 1.42. The summed E-state index contributed by atoms with van der Waals surface area (Å²) in [5, 5.41) is 9.76. The lowest BCUT2D eigenvalue weighted by Crippen LogP contribution is -2.49. The normalized spacial score (nSPS) is 25.8. The molecule has 1 aliphatic rings. The molecule has 0 aliphatic carbocycles. The van der Waals surface area contributed by atoms with Crippen LogP contribution in [0.2, 0.25) is 0 Å². The third kappa shape index (κ3) is 3.34. The van der Waals surface area contributed by atoms with E-state index in [1.54, 1.807) is 12.5 Å². The lowest BCUT2D eigenvalue weighted by Gasteiger charge is -2.43. The Morgan fingerprint density at radius 3 is 2.94 bits per heavy atom. The van der Waals surface area contributed by atoms with Crippen LogP contribution in [0.15, 0.2) is 23.0 Å². The van der Waals surface area contributed by atoms with Gasteiger partial charge in [-0.1, -0.05) is 0 Å². The van der Waals surface area contributed by atoms with E-state index in [0.717, 1.165) is 39.0 Å². The molecule has 102 valence electrons. The van der Waals surface area contributed by atoms with E-state index in [-0.39, 0.29) is 12.0 Å². The molecule has 0 bridgehead atoms. The maximum Gasteiger partial charge on any atom is 0.0947 e. The first kappa shape index (κ1) is 13.6. The number of likely N-dealkylation sites (tertiary alicyclic amines) is 1. The second kappa shape index (κ2) is 5.87. The molecule has 0 radical (unpaired) electrons. The molecule has 18 heavy (non-hydrogen) atoms. The summed E-state index contributed by atoms with van der Waals surface area (Å²) < 4.78 is 5.11. The molecule has 4 nitrogen and oxygen atoms in total. The number of hydrogen-bond acceptors (Lipinski definition) is 4. The van der Waals surface area contributed by atoms with Crippen LogP contribution in [0.1, 0.15) is 18.4 Å². The van der Waals surface area contributed by atoms with Crippen molar-refractivity contribution in [2.75, 3.05) is 40.3 Å². The van der Waals surface area contributed by atoms with Crippen molar-refractivity contribution in [3.05, 3.63) is 24.2 Å². The van der Waals surface area contributed by atoms with Gasteiger partial charge >= 0.3 is 0 Å². The fraction of sp³-hybridized carbons (Fsp3) is 0.714. The lowest BCUT2D eigenvalue weighted by molar-refractivity contribution is 0.0105. The van der Waals surface area contributed by atoms with Crippen LogP contribution in [-0.4, -0.2) is 55.2 Å². The van der Waals surface area contributed by atoms with E-state index >= 15 is 0 Å². The van der Waals surface area contributed by atoms with Crippen LogP contribution in [-0.2, 0) is 6.54 Å². The third-order valence-corrected chi connectivity index (χ3v) is 3.71. The molecule has 0 saturated carbocycles. The number of rotatable bonds is 5. The summed E-state index contributed by atoms with van der Waals surface area (Å²) in [5.41, 5.74) is 1.25. The Bertz CT molecular complexity index is 351. The number of nitrogens with zero attached hydrogens (tertiary/aromatic N) is 2. The molecule has 1 aromatic rings. The molecule has 1 N–H and O–H groups in total. The van der Waals surface area contributed by atoms with E-state index in [0.29, 0.717) is 0 Å². The van der Waals surface area contributed by atoms with E-state index in [1.165, 1.54) is 5.56 Å². The summed E-state index contributed by atoms with van der Waals surface area (Å²) in [5.74, 6) is 0. The Morgan fingerprint density at radius 1 is 1.50 bits per heavy atom. The van der Waals surface area contributed by atoms with Crippen molar-refractivity contribution in [2.24, 2.45) is 5.41 Å². The number of hydrogen-bond donors (Lipinski definition) is 1. The highest BCUT2D eigenvalue weighted by atomic mass is 16.3. The quantitative estimate of drug-likeness (QED) is 0.860. The highest BCUT2D eigenvalue weighted by molar-refractivity contribution is 5.05. The van der Waals surface area contributed by atoms with Gasteiger partial charge in [0.15, 0.2) is 0 Å². The van der Waals surface area contributed by atoms with E-state index in [9.17, 15) is 5.11 Å². The number of furan rings is 1. The van der Waals surface area contributed by atoms with E-state index in [4.69, 9.17) is 4.42 Å². The summed E-state index contributed by atoms with van der Waals surface area (Å²) in [7, 11) is 4.15. The second-order valence-corrected chi connectivity index (χ2v) is 5.84. The Kier molecular flexibility index (Phi) is 4.43. The van der Waals surface area contributed by atoms with E-state index in [2.05, 4.69) is 23.9 Å². The zero-order chi connectivity index (χ0) is 13.0. The van der Waals surface area contributed by atoms with Gasteiger partial charge in [-0.25, -0.2) is 0 Å². The van der Waals surface area contributed by atoms with Gasteiger partial charge in [-0.05, 0) is 39.5 Å². The topological polar surface area (TPSA) is 39.9 Å². The smallest absolute Gasteiger partial charge is 0.0947 e. The van der Waals surface area contributed by atoms with Crippen LogP contribution >= 0.6 is 0 Å². The first-order valence-corrected chi connectivity index (χ1v) is 6.63. The highest BCUT2D eigenvalue weighted by Gasteiger charge is 2.35. The highest BCUT2D eigenvalue weighted by Crippen LogP contribution is 2.31. The summed E-state index contributed by atoms with van der Waals surface area (Å²) in [6, 6.07) is 2.02. The molecule has 0 amide bonds. The Labute approximate surface area is 109 Å². The zero-order valence-corrected chi connectivity index (χ0v) is 11.4. The van der Waals surface area contributed by atoms with Gasteiger partial charge in [-0.15, -0.1) is 0 Å². The van der Waals surface area contributed by atoms with Gasteiger partial charge in [0.1, 0.15) is 0 Å². The Hall–Kier alpha value is -0.840. The summed E-state index contributed by atoms with van der Waals surface area (Å²) in [4.78, 5) is 4.60. The molecule has 0 aromatic carbocycles. The van der Waals surface area contributed by atoms with Crippen molar-refractivity contribution in [1.82, 2.24) is 9.80 Å². The molecule has 4 heteroatoms. The molecular weight excluding hydrogens is 228 g/mol. The summed E-state index contributed by atoms with van der Waals surface area (Å²) >= 11 is 0. The van der Waals surface area contributed by atoms with Crippen molar-refractivity contribution in [3.8, 4) is 0 Å². The van der Waals surface area contributed by atoms with Crippen LogP contribution in [0.3, 0.4) is 0 Å². The van der Waals surface area contributed by atoms with Gasteiger partial charge in [0.25, 0.3) is 0 Å². The third-order valence-electron chi connectivity index (χ3n) is 3.71. The molecule has 2 rings (SSSR count). The molecule has 1 aliphatic heterocycles. The molecule has 1 atom stereocenters. The standard InChI is InChI=1S/C14H24N2O2/c1-15(2)10-14(12-17)5-3-6-16(11-14)8-13-4-7-18-9-13/h4,7,9,17H,3,5-6,8,10-12H2,1-2H3/t14-/m1/s1. The second-order valence-electron chi connectivity index (χ2n) is 5.84. The van der Waals surface area contributed by atoms with Gasteiger partial charge in [0.05, 0.1) is 19.1 Å². The maximum absolute atomic E-state index is 9.76. The largest absolute Gasteiger partial charge is 0.472 e. The molecule has 1 saturated heterocycles. The van der Waals surface area contributed by atoms with Crippen molar-refractivity contribution in [2.45, 2.75) is 19.4 Å². The number of aliphatic hydroxyl groups is 1. The summed E-state index contributed by atoms with van der Waals surface area (Å²) in [6.07, 6.45) is 5.80. The molecule has 1 aromatic heterocycles.